The van der Waals surface area contributed by atoms with E-state index in [0.717, 1.165) is 68.5 Å². The number of aromatic nitrogens is 4. The van der Waals surface area contributed by atoms with E-state index >= 15 is 0 Å². The summed E-state index contributed by atoms with van der Waals surface area (Å²) in [6.07, 6.45) is 10.5. The molecule has 0 amide bonds. The zero-order chi connectivity index (χ0) is 38.2. The number of aliphatic hydroxyl groups excluding tert-OH is 1. The van der Waals surface area contributed by atoms with Crippen LogP contribution < -0.4 is 9.47 Å². The Morgan fingerprint density at radius 1 is 0.907 bits per heavy atom. The number of benzene rings is 3. The van der Waals surface area contributed by atoms with Crippen molar-refractivity contribution in [3.63, 3.8) is 0 Å². The first-order valence-corrected chi connectivity index (χ1v) is 17.3. The number of carboxylic acids is 2. The zero-order valence-electron chi connectivity index (χ0n) is 29.6. The van der Waals surface area contributed by atoms with Gasteiger partial charge in [-0.05, 0) is 85.7 Å². The Morgan fingerprint density at radius 2 is 1.70 bits per heavy atom. The molecule has 3 aromatic carbocycles. The number of aliphatic carboxylic acids is 2. The second-order valence-corrected chi connectivity index (χ2v) is 12.6. The summed E-state index contributed by atoms with van der Waals surface area (Å²) < 4.78 is 13.2. The molecule has 0 spiro atoms. The number of phenols is 1. The lowest BCUT2D eigenvalue weighted by molar-refractivity contribution is -0.134. The average Bonchev–Trinajstić information content (AvgIpc) is 3.73. The van der Waals surface area contributed by atoms with E-state index in [4.69, 9.17) is 24.7 Å². The van der Waals surface area contributed by atoms with Crippen molar-refractivity contribution in [1.82, 2.24) is 19.7 Å². The van der Waals surface area contributed by atoms with Crippen LogP contribution in [0.1, 0.15) is 48.8 Å². The lowest BCUT2D eigenvalue weighted by atomic mass is 9.74. The predicted octanol–water partition coefficient (Wildman–Crippen LogP) is 6.33. The number of carbonyl (C=O) groups is 2. The minimum Gasteiger partial charge on any atom is -0.508 e. The maximum absolute atomic E-state index is 10.3. The Labute approximate surface area is 310 Å². The summed E-state index contributed by atoms with van der Waals surface area (Å²) in [6.45, 7) is 2.53. The minimum atomic E-state index is -1.26. The molecule has 1 aliphatic heterocycles. The summed E-state index contributed by atoms with van der Waals surface area (Å²) >= 11 is 0. The van der Waals surface area contributed by atoms with Gasteiger partial charge in [0.2, 0.25) is 0 Å². The molecule has 1 saturated carbocycles. The summed E-state index contributed by atoms with van der Waals surface area (Å²) in [4.78, 5) is 33.2. The number of rotatable bonds is 7. The Balaban J connectivity index is 0.000000178. The number of carboxylic acid groups (broad SMARTS) is 2. The van der Waals surface area contributed by atoms with Crippen LogP contribution in [0.25, 0.3) is 27.5 Å². The Hall–Kier alpha value is -6.60. The Bertz CT molecular complexity index is 2310. The molecule has 2 aliphatic rings. The molecule has 0 unspecified atom stereocenters. The monoisotopic (exact) mass is 729 g/mol. The van der Waals surface area contributed by atoms with Crippen molar-refractivity contribution in [1.29, 1.82) is 0 Å². The van der Waals surface area contributed by atoms with Crippen molar-refractivity contribution in [2.24, 2.45) is 4.99 Å². The van der Waals surface area contributed by atoms with Crippen molar-refractivity contribution in [3.8, 4) is 23.1 Å². The predicted molar refractivity (Wildman–Crippen MR) is 203 cm³/mol. The SMILES string of the molecule is CCOc1cc2c(cc1OC)C(c1ccc(-n3cccn3)nc1)=N[C@@H]1CC[C@@H](O)C[C@H]21.O=C(O)/C=C/C(=O)O.Oc1ccc2ncc3ccccc3c2c1. The fourth-order valence-electron chi connectivity index (χ4n) is 6.66. The lowest BCUT2D eigenvalue weighted by Crippen LogP contribution is -2.34. The van der Waals surface area contributed by atoms with Crippen LogP contribution in [0, 0.1) is 0 Å². The van der Waals surface area contributed by atoms with Gasteiger partial charge in [0.1, 0.15) is 5.75 Å². The Kier molecular flexibility index (Phi) is 11.6. The third-order valence-corrected chi connectivity index (χ3v) is 9.07. The van der Waals surface area contributed by atoms with E-state index in [2.05, 4.69) is 21.1 Å². The van der Waals surface area contributed by atoms with Crippen molar-refractivity contribution >= 4 is 39.3 Å². The highest BCUT2D eigenvalue weighted by Crippen LogP contribution is 2.45. The highest BCUT2D eigenvalue weighted by molar-refractivity contribution is 6.15. The van der Waals surface area contributed by atoms with Gasteiger partial charge in [0.05, 0.1) is 37.1 Å². The molecule has 13 nitrogen and oxygen atoms in total. The van der Waals surface area contributed by atoms with Gasteiger partial charge in [0, 0.05) is 64.8 Å². The molecule has 0 saturated heterocycles. The third-order valence-electron chi connectivity index (χ3n) is 9.07. The lowest BCUT2D eigenvalue weighted by Gasteiger charge is -2.37. The van der Waals surface area contributed by atoms with Gasteiger partial charge in [-0.25, -0.2) is 19.3 Å². The van der Waals surface area contributed by atoms with Gasteiger partial charge in [-0.15, -0.1) is 0 Å². The van der Waals surface area contributed by atoms with Crippen LogP contribution in [0.5, 0.6) is 17.2 Å². The molecule has 4 heterocycles. The number of aliphatic hydroxyl groups is 1. The van der Waals surface area contributed by atoms with Gasteiger partial charge >= 0.3 is 11.9 Å². The number of methoxy groups -OCH3 is 1. The highest BCUT2D eigenvalue weighted by Gasteiger charge is 2.37. The van der Waals surface area contributed by atoms with Gasteiger partial charge in [-0.3, -0.25) is 9.98 Å². The van der Waals surface area contributed by atoms with Crippen molar-refractivity contribution in [2.45, 2.75) is 44.2 Å². The Morgan fingerprint density at radius 3 is 2.39 bits per heavy atom. The summed E-state index contributed by atoms with van der Waals surface area (Å²) in [6, 6.07) is 23.4. The molecule has 276 valence electrons. The second kappa shape index (κ2) is 16.8. The number of aromatic hydroxyl groups is 1. The van der Waals surface area contributed by atoms with Crippen LogP contribution in [-0.2, 0) is 9.59 Å². The molecule has 13 heteroatoms. The summed E-state index contributed by atoms with van der Waals surface area (Å²) in [7, 11) is 1.65. The maximum atomic E-state index is 10.3. The first kappa shape index (κ1) is 37.2. The smallest absolute Gasteiger partial charge is 0.328 e. The van der Waals surface area contributed by atoms with E-state index in [0.29, 0.717) is 30.9 Å². The zero-order valence-corrected chi connectivity index (χ0v) is 29.6. The average molecular weight is 730 g/mol. The van der Waals surface area contributed by atoms with E-state index in [1.807, 2.05) is 80.1 Å². The van der Waals surface area contributed by atoms with Crippen molar-refractivity contribution < 1.29 is 39.5 Å². The highest BCUT2D eigenvalue weighted by atomic mass is 16.5. The maximum Gasteiger partial charge on any atom is 0.328 e. The van der Waals surface area contributed by atoms with Gasteiger partial charge in [0.15, 0.2) is 17.3 Å². The van der Waals surface area contributed by atoms with E-state index in [1.165, 1.54) is 0 Å². The number of hydrogen-bond donors (Lipinski definition) is 4. The standard InChI is InChI=1S/C24H26N4O3.C13H9NO.C4H4O4/c1-3-31-22-12-17-18-11-16(29)6-7-20(18)27-24(19(17)13-21(22)30-2)15-5-8-23(25-14-15)28-10-4-9-26-28;15-10-5-6-13-12(7-10)11-4-2-1-3-9(11)8-14-13;5-3(6)1-2-4(7)8/h4-5,8-10,12-14,16,18,20,29H,3,6-7,11H2,1-2H3;1-8,15H;1-2H,(H,5,6)(H,7,8)/b;;2-1+/t16-,18-,20-;;/m1../s1. The number of ether oxygens (including phenoxy) is 2. The third kappa shape index (κ3) is 8.54. The minimum absolute atomic E-state index is 0.138. The normalized spacial score (nSPS) is 17.2. The molecule has 3 aromatic heterocycles. The molecule has 1 aliphatic carbocycles. The fourth-order valence-corrected chi connectivity index (χ4v) is 6.66. The molecule has 8 rings (SSSR count). The van der Waals surface area contributed by atoms with Crippen molar-refractivity contribution in [2.75, 3.05) is 13.7 Å². The summed E-state index contributed by atoms with van der Waals surface area (Å²) in [5.41, 5.74) is 4.95. The first-order valence-electron chi connectivity index (χ1n) is 17.3. The molecule has 0 radical (unpaired) electrons. The molecule has 0 bridgehead atoms. The summed E-state index contributed by atoms with van der Waals surface area (Å²) in [5, 5.41) is 42.9. The largest absolute Gasteiger partial charge is 0.508 e. The molecule has 4 N–H and O–H groups in total. The van der Waals surface area contributed by atoms with Gasteiger partial charge < -0.3 is 29.9 Å². The number of phenolic OH excluding ortho intramolecular Hbond substituents is 1. The van der Waals surface area contributed by atoms with Gasteiger partial charge in [-0.1, -0.05) is 24.3 Å². The van der Waals surface area contributed by atoms with Crippen LogP contribution in [0.4, 0.5) is 0 Å². The van der Waals surface area contributed by atoms with E-state index in [9.17, 15) is 19.8 Å². The quantitative estimate of drug-likeness (QED) is 0.106. The van der Waals surface area contributed by atoms with E-state index in [1.54, 1.807) is 30.1 Å². The number of nitrogens with zero attached hydrogens (tertiary/aromatic N) is 5. The number of fused-ring (bicyclic) bond motifs is 6. The molecule has 1 fully saturated rings. The van der Waals surface area contributed by atoms with Crippen LogP contribution >= 0.6 is 0 Å². The van der Waals surface area contributed by atoms with Crippen molar-refractivity contribution in [3.05, 3.63) is 126 Å². The molecular formula is C41H39N5O8. The summed E-state index contributed by atoms with van der Waals surface area (Å²) in [5.74, 6) is 0.109. The number of aliphatic imine (C=N–C) groups is 1. The molecule has 3 atom stereocenters. The number of hydrogen-bond acceptors (Lipinski definition) is 10. The fraction of sp³-hybridized carbons (Fsp3) is 0.220. The molecule has 54 heavy (non-hydrogen) atoms. The van der Waals surface area contributed by atoms with E-state index < -0.39 is 11.9 Å². The van der Waals surface area contributed by atoms with Gasteiger partial charge in [-0.2, -0.15) is 5.10 Å². The number of pyridine rings is 2. The van der Waals surface area contributed by atoms with Crippen LogP contribution in [-0.4, -0.2) is 83.7 Å². The molecular weight excluding hydrogens is 690 g/mol. The second-order valence-electron chi connectivity index (χ2n) is 12.6. The van der Waals surface area contributed by atoms with Gasteiger partial charge in [0.25, 0.3) is 0 Å². The van der Waals surface area contributed by atoms with Crippen LogP contribution in [0.2, 0.25) is 0 Å². The molecule has 6 aromatic rings. The van der Waals surface area contributed by atoms with Crippen LogP contribution in [0.15, 0.2) is 115 Å². The van der Waals surface area contributed by atoms with Crippen LogP contribution in [0.3, 0.4) is 0 Å². The van der Waals surface area contributed by atoms with E-state index in [-0.39, 0.29) is 23.8 Å². The topological polar surface area (TPSA) is 189 Å². The first-order chi connectivity index (χ1) is 26.1.